The molecule has 0 unspecified atom stereocenters. The quantitative estimate of drug-likeness (QED) is 0.610. The molecule has 13 heavy (non-hydrogen) atoms. The summed E-state index contributed by atoms with van der Waals surface area (Å²) in [5.41, 5.74) is 7.24. The van der Waals surface area contributed by atoms with Crippen LogP contribution >= 0.6 is 0 Å². The number of hydrogen-bond donors (Lipinski definition) is 1. The third kappa shape index (κ3) is 1.09. The Balaban J connectivity index is 2.94. The number of aromatic nitrogens is 1. The topological polar surface area (TPSA) is 62.7 Å². The molecule has 0 aliphatic carbocycles. The van der Waals surface area contributed by atoms with Crippen molar-refractivity contribution in [1.82, 2.24) is 4.98 Å². The molecule has 2 aromatic rings. The van der Waals surface area contributed by atoms with Gasteiger partial charge in [0.2, 0.25) is 0 Å². The maximum atomic E-state index is 8.85. The van der Waals surface area contributed by atoms with Gasteiger partial charge >= 0.3 is 0 Å². The molecule has 1 aromatic carbocycles. The fourth-order valence-corrected chi connectivity index (χ4v) is 1.28. The number of anilines is 1. The van der Waals surface area contributed by atoms with Gasteiger partial charge in [0.15, 0.2) is 0 Å². The van der Waals surface area contributed by atoms with Gasteiger partial charge in [-0.15, -0.1) is 0 Å². The maximum Gasteiger partial charge on any atom is 0.104 e. The van der Waals surface area contributed by atoms with Crippen molar-refractivity contribution >= 4 is 16.6 Å². The van der Waals surface area contributed by atoms with Crippen LogP contribution in [0.3, 0.4) is 0 Å². The number of nitriles is 1. The Morgan fingerprint density at radius 3 is 2.92 bits per heavy atom. The maximum absolute atomic E-state index is 8.85. The van der Waals surface area contributed by atoms with Gasteiger partial charge in [-0.05, 0) is 12.1 Å². The highest BCUT2D eigenvalue weighted by Gasteiger charge is 2.04. The van der Waals surface area contributed by atoms with Crippen LogP contribution in [0.15, 0.2) is 30.5 Å². The van der Waals surface area contributed by atoms with E-state index in [4.69, 9.17) is 11.0 Å². The van der Waals surface area contributed by atoms with Gasteiger partial charge in [0.25, 0.3) is 0 Å². The Morgan fingerprint density at radius 1 is 1.31 bits per heavy atom. The molecule has 0 radical (unpaired) electrons. The van der Waals surface area contributed by atoms with Crippen molar-refractivity contribution in [3.05, 3.63) is 36.0 Å². The fourth-order valence-electron chi connectivity index (χ4n) is 1.28. The molecular formula is C10H7N3. The standard InChI is InChI=1S/C10H7N3/c11-6-8-9(12)4-3-7-2-1-5-13-10(7)8/h1-5H,12H2. The molecule has 2 N–H and O–H groups in total. The van der Waals surface area contributed by atoms with E-state index in [1.165, 1.54) is 0 Å². The van der Waals surface area contributed by atoms with Gasteiger partial charge in [0, 0.05) is 11.6 Å². The largest absolute Gasteiger partial charge is 0.398 e. The third-order valence-electron chi connectivity index (χ3n) is 1.92. The van der Waals surface area contributed by atoms with Crippen molar-refractivity contribution < 1.29 is 0 Å². The molecule has 0 fully saturated rings. The molecule has 0 aliphatic heterocycles. The van der Waals surface area contributed by atoms with Crippen molar-refractivity contribution in [3.63, 3.8) is 0 Å². The molecule has 0 spiro atoms. The van der Waals surface area contributed by atoms with E-state index in [-0.39, 0.29) is 0 Å². The predicted molar refractivity (Wildman–Crippen MR) is 50.9 cm³/mol. The highest BCUT2D eigenvalue weighted by Crippen LogP contribution is 2.20. The summed E-state index contributed by atoms with van der Waals surface area (Å²) in [6, 6.07) is 9.37. The van der Waals surface area contributed by atoms with Gasteiger partial charge in [0.05, 0.1) is 11.2 Å². The number of rotatable bonds is 0. The number of fused-ring (bicyclic) bond motifs is 1. The second-order valence-corrected chi connectivity index (χ2v) is 2.72. The molecule has 2 rings (SSSR count). The van der Waals surface area contributed by atoms with Crippen molar-refractivity contribution in [2.24, 2.45) is 0 Å². The van der Waals surface area contributed by atoms with Crippen LogP contribution in [0.1, 0.15) is 5.56 Å². The second kappa shape index (κ2) is 2.76. The highest BCUT2D eigenvalue weighted by atomic mass is 14.7. The Bertz CT molecular complexity index is 497. The zero-order chi connectivity index (χ0) is 9.26. The first-order valence-electron chi connectivity index (χ1n) is 3.86. The Hall–Kier alpha value is -2.08. The molecule has 0 saturated heterocycles. The third-order valence-corrected chi connectivity index (χ3v) is 1.92. The SMILES string of the molecule is N#Cc1c(N)ccc2cccnc12. The van der Waals surface area contributed by atoms with E-state index in [0.717, 1.165) is 5.39 Å². The van der Waals surface area contributed by atoms with Gasteiger partial charge in [-0.2, -0.15) is 5.26 Å². The van der Waals surface area contributed by atoms with E-state index in [1.54, 1.807) is 12.3 Å². The van der Waals surface area contributed by atoms with E-state index < -0.39 is 0 Å². The number of pyridine rings is 1. The van der Waals surface area contributed by atoms with Crippen LogP contribution in [0.25, 0.3) is 10.9 Å². The molecule has 1 heterocycles. The van der Waals surface area contributed by atoms with Gasteiger partial charge in [0.1, 0.15) is 11.6 Å². The predicted octanol–water partition coefficient (Wildman–Crippen LogP) is 1.69. The fraction of sp³-hybridized carbons (Fsp3) is 0. The normalized spacial score (nSPS) is 9.77. The van der Waals surface area contributed by atoms with Crippen LogP contribution < -0.4 is 5.73 Å². The average Bonchev–Trinajstić information content (AvgIpc) is 2.18. The smallest absolute Gasteiger partial charge is 0.104 e. The Kier molecular flexibility index (Phi) is 1.60. The molecule has 3 nitrogen and oxygen atoms in total. The molecule has 3 heteroatoms. The summed E-state index contributed by atoms with van der Waals surface area (Å²) in [6.45, 7) is 0. The van der Waals surface area contributed by atoms with Crippen LogP contribution in [0.2, 0.25) is 0 Å². The van der Waals surface area contributed by atoms with E-state index >= 15 is 0 Å². The molecular weight excluding hydrogens is 162 g/mol. The molecule has 0 aliphatic rings. The number of nitrogen functional groups attached to an aromatic ring is 1. The van der Waals surface area contributed by atoms with Crippen LogP contribution in [-0.2, 0) is 0 Å². The van der Waals surface area contributed by atoms with Crippen LogP contribution in [0.5, 0.6) is 0 Å². The van der Waals surface area contributed by atoms with Crippen LogP contribution in [0, 0.1) is 11.3 Å². The zero-order valence-electron chi connectivity index (χ0n) is 6.86. The lowest BCUT2D eigenvalue weighted by Crippen LogP contribution is -1.92. The lowest BCUT2D eigenvalue weighted by molar-refractivity contribution is 1.39. The summed E-state index contributed by atoms with van der Waals surface area (Å²) >= 11 is 0. The van der Waals surface area contributed by atoms with Crippen molar-refractivity contribution in [1.29, 1.82) is 5.26 Å². The van der Waals surface area contributed by atoms with Gasteiger partial charge < -0.3 is 5.73 Å². The zero-order valence-corrected chi connectivity index (χ0v) is 6.86. The second-order valence-electron chi connectivity index (χ2n) is 2.72. The lowest BCUT2D eigenvalue weighted by atomic mass is 10.1. The first-order valence-corrected chi connectivity index (χ1v) is 3.86. The highest BCUT2D eigenvalue weighted by molar-refractivity contribution is 5.88. The molecule has 0 amide bonds. The average molecular weight is 169 g/mol. The minimum atomic E-state index is 0.457. The number of nitrogens with zero attached hydrogens (tertiary/aromatic N) is 2. The summed E-state index contributed by atoms with van der Waals surface area (Å²) in [5.74, 6) is 0. The number of benzene rings is 1. The van der Waals surface area contributed by atoms with Crippen LogP contribution in [-0.4, -0.2) is 4.98 Å². The summed E-state index contributed by atoms with van der Waals surface area (Å²) in [5, 5.41) is 9.78. The van der Waals surface area contributed by atoms with Crippen LogP contribution in [0.4, 0.5) is 5.69 Å². The summed E-state index contributed by atoms with van der Waals surface area (Å²) in [7, 11) is 0. The first kappa shape index (κ1) is 7.56. The Morgan fingerprint density at radius 2 is 2.15 bits per heavy atom. The van der Waals surface area contributed by atoms with E-state index in [1.807, 2.05) is 18.2 Å². The summed E-state index contributed by atoms with van der Waals surface area (Å²) in [6.07, 6.45) is 1.66. The molecule has 0 bridgehead atoms. The van der Waals surface area contributed by atoms with Gasteiger partial charge in [-0.25, -0.2) is 0 Å². The summed E-state index contributed by atoms with van der Waals surface area (Å²) in [4.78, 5) is 4.11. The molecule has 62 valence electrons. The van der Waals surface area contributed by atoms with Crippen molar-refractivity contribution in [2.75, 3.05) is 5.73 Å². The molecule has 1 aromatic heterocycles. The van der Waals surface area contributed by atoms with Gasteiger partial charge in [-0.1, -0.05) is 12.1 Å². The van der Waals surface area contributed by atoms with E-state index in [0.29, 0.717) is 16.8 Å². The lowest BCUT2D eigenvalue weighted by Gasteiger charge is -2.00. The molecule has 0 atom stereocenters. The van der Waals surface area contributed by atoms with E-state index in [2.05, 4.69) is 11.1 Å². The van der Waals surface area contributed by atoms with Gasteiger partial charge in [-0.3, -0.25) is 4.98 Å². The van der Waals surface area contributed by atoms with Crippen molar-refractivity contribution in [3.8, 4) is 6.07 Å². The number of nitrogens with two attached hydrogens (primary N) is 1. The van der Waals surface area contributed by atoms with E-state index in [9.17, 15) is 0 Å². The van der Waals surface area contributed by atoms with Crippen molar-refractivity contribution in [2.45, 2.75) is 0 Å². The first-order chi connectivity index (χ1) is 6.33. The summed E-state index contributed by atoms with van der Waals surface area (Å²) < 4.78 is 0. The molecule has 0 saturated carbocycles. The monoisotopic (exact) mass is 169 g/mol. The minimum Gasteiger partial charge on any atom is -0.398 e. The Labute approximate surface area is 75.4 Å². The number of hydrogen-bond acceptors (Lipinski definition) is 3. The minimum absolute atomic E-state index is 0.457.